The Kier molecular flexibility index (Phi) is 19.2. The number of hydrogen-bond acceptors (Lipinski definition) is 14. The number of nitrogens with zero attached hydrogens (tertiary/aromatic N) is 14. The average Bonchev–Trinajstić information content (AvgIpc) is 0.759. The van der Waals surface area contributed by atoms with Gasteiger partial charge < -0.3 is 0 Å². The van der Waals surface area contributed by atoms with E-state index in [1.165, 1.54) is 32.3 Å². The van der Waals surface area contributed by atoms with Gasteiger partial charge in [-0.05, 0) is 217 Å². The fourth-order valence-corrected chi connectivity index (χ4v) is 19.8. The third-order valence-electron chi connectivity index (χ3n) is 27.0. The molecule has 15 aromatic carbocycles. The van der Waals surface area contributed by atoms with Gasteiger partial charge in [0, 0.05) is 111 Å². The monoisotopic (exact) mass is 1780 g/mol. The van der Waals surface area contributed by atoms with Crippen molar-refractivity contribution in [3.63, 3.8) is 0 Å². The van der Waals surface area contributed by atoms with Crippen molar-refractivity contribution in [3.05, 3.63) is 449 Å². The first kappa shape index (κ1) is 80.5. The summed E-state index contributed by atoms with van der Waals surface area (Å²) in [6.45, 7) is 0. The number of pyridine rings is 14. The van der Waals surface area contributed by atoms with Gasteiger partial charge in [-0.2, -0.15) is 0 Å². The third-order valence-corrected chi connectivity index (χ3v) is 27.0. The van der Waals surface area contributed by atoms with Crippen molar-refractivity contribution >= 4 is 185 Å². The maximum Gasteiger partial charge on any atom is 0.0972 e. The Morgan fingerprint density at radius 1 is 0.114 bits per heavy atom. The SMILES string of the molecule is c1ccc2c(c1)cc(-c1ccc3cc(-c4ccc5ccc(-c6ccc7ccc8cccnc8c7n6)nc5c4)ccc3n1)c1ccccc12.c1ccc2cc(-c3ccc4cc(-c5ccc6ccc(-c7ccc8ccc9cccnc9c8n7)nc6c5)ccc4n3)ccc2c1.c1cnc2c(c1)ccc1ccc(-c3ccc4cc(-c5ccc6ccc(-c7ccc8ccc9cccnc9c8n7)nc6c5)ccc4n3)nc12. The van der Waals surface area contributed by atoms with Crippen molar-refractivity contribution in [3.8, 4) is 101 Å². The van der Waals surface area contributed by atoms with Crippen molar-refractivity contribution in [2.24, 2.45) is 0 Å². The second-order valence-electron chi connectivity index (χ2n) is 35.5. The molecule has 0 fully saturated rings. The molecule has 0 saturated heterocycles. The van der Waals surface area contributed by atoms with Gasteiger partial charge in [-0.1, -0.05) is 273 Å². The molecule has 0 aliphatic rings. The van der Waals surface area contributed by atoms with E-state index in [4.69, 9.17) is 49.8 Å². The Bertz CT molecular complexity index is 10200. The zero-order valence-corrected chi connectivity index (χ0v) is 75.0. The Balaban J connectivity index is 0.000000106. The molecule has 0 N–H and O–H groups in total. The van der Waals surface area contributed by atoms with Crippen LogP contribution in [0.3, 0.4) is 0 Å². The summed E-state index contributed by atoms with van der Waals surface area (Å²) in [5.74, 6) is 0. The number of benzene rings is 15. The van der Waals surface area contributed by atoms with Gasteiger partial charge in [0.1, 0.15) is 0 Å². The molecule has 0 aliphatic carbocycles. The summed E-state index contributed by atoms with van der Waals surface area (Å²) >= 11 is 0. The Labute approximate surface area is 800 Å². The van der Waals surface area contributed by atoms with Crippen molar-refractivity contribution in [1.29, 1.82) is 0 Å². The van der Waals surface area contributed by atoms with E-state index in [-0.39, 0.29) is 0 Å². The minimum absolute atomic E-state index is 0.825. The summed E-state index contributed by atoms with van der Waals surface area (Å²) < 4.78 is 0. The van der Waals surface area contributed by atoms with Crippen LogP contribution in [0.15, 0.2) is 449 Å². The first-order valence-corrected chi connectivity index (χ1v) is 46.7. The molecular formula is C126H74N14. The molecule has 14 heterocycles. The minimum atomic E-state index is 0.825. The molecule has 14 nitrogen and oxygen atoms in total. The standard InChI is InChI=1S/C44H26N4.C42H24N6.C40H24N4/c1-2-8-34-32(6-1)25-37(36-10-4-3-9-35(34)36)39-20-18-33-24-30(17-19-38(33)46-39)31-14-11-27-15-21-40(47-42(27)26-31)41-22-16-29-13-12-28-7-5-23-45-43(28)44(29)48-41;1-3-26-6-8-28-12-18-36(47-41(28)39(26)43-21-1)34-20-15-32-23-30(14-16-33(32)45-34)31-10-5-25-11-17-35(46-38(25)24-31)37-19-13-29-9-7-27-4-2-22-44-40(27)42(29)48-37;1-2-5-29-22-32(12-7-25(29)4-1)35-18-16-33-23-30(15-17-34(33)42-35)31-11-8-26-13-19-36(43-38(26)24-31)37-20-14-28-10-9-27-6-3-21-41-39(27)40(28)44-37/h1-26H;1-24H;1-24H. The molecule has 14 aromatic heterocycles. The normalized spacial score (nSPS) is 11.7. The third kappa shape index (κ3) is 14.7. The fraction of sp³-hybridized carbons (Fsp3) is 0. The highest BCUT2D eigenvalue weighted by Crippen LogP contribution is 2.41. The van der Waals surface area contributed by atoms with Crippen LogP contribution in [0.25, 0.3) is 286 Å². The number of aromatic nitrogens is 14. The van der Waals surface area contributed by atoms with E-state index in [2.05, 4.69) is 372 Å². The predicted molar refractivity (Wildman–Crippen MR) is 575 cm³/mol. The molecular weight excluding hydrogens is 1710 g/mol. The molecule has 0 bridgehead atoms. The van der Waals surface area contributed by atoms with Crippen LogP contribution in [0.5, 0.6) is 0 Å². The van der Waals surface area contributed by atoms with Crippen molar-refractivity contribution in [2.45, 2.75) is 0 Å². The number of fused-ring (bicyclic) bond motifs is 22. The molecule has 0 radical (unpaired) electrons. The molecule has 0 saturated carbocycles. The topological polar surface area (TPSA) is 180 Å². The second-order valence-corrected chi connectivity index (χ2v) is 35.5. The van der Waals surface area contributed by atoms with Crippen molar-refractivity contribution in [2.75, 3.05) is 0 Å². The maximum atomic E-state index is 5.15. The van der Waals surface area contributed by atoms with E-state index in [0.29, 0.717) is 0 Å². The van der Waals surface area contributed by atoms with Crippen LogP contribution in [0, 0.1) is 0 Å². The van der Waals surface area contributed by atoms with E-state index in [0.717, 1.165) is 254 Å². The quantitative estimate of drug-likeness (QED) is 0.125. The first-order chi connectivity index (χ1) is 69.2. The molecule has 0 atom stereocenters. The summed E-state index contributed by atoms with van der Waals surface area (Å²) in [7, 11) is 0. The highest BCUT2D eigenvalue weighted by atomic mass is 14.8. The van der Waals surface area contributed by atoms with E-state index < -0.39 is 0 Å². The summed E-state index contributed by atoms with van der Waals surface area (Å²) in [5, 5.41) is 22.5. The van der Waals surface area contributed by atoms with E-state index in [9.17, 15) is 0 Å². The van der Waals surface area contributed by atoms with Gasteiger partial charge in [0.05, 0.1) is 134 Å². The van der Waals surface area contributed by atoms with Crippen LogP contribution >= 0.6 is 0 Å². The highest BCUT2D eigenvalue weighted by Gasteiger charge is 2.19. The number of hydrogen-bond donors (Lipinski definition) is 0. The van der Waals surface area contributed by atoms with Gasteiger partial charge in [0.2, 0.25) is 0 Å². The average molecular weight is 1780 g/mol. The Morgan fingerprint density at radius 2 is 0.357 bits per heavy atom. The molecule has 0 spiro atoms. The fourth-order valence-electron chi connectivity index (χ4n) is 19.8. The first-order valence-electron chi connectivity index (χ1n) is 46.7. The molecule has 0 amide bonds. The van der Waals surface area contributed by atoms with E-state index >= 15 is 0 Å². The largest absolute Gasteiger partial charge is 0.254 e. The Hall–Kier alpha value is -19.2. The molecule has 140 heavy (non-hydrogen) atoms. The summed E-state index contributed by atoms with van der Waals surface area (Å²) in [4.78, 5) is 68.8. The maximum absolute atomic E-state index is 5.15. The lowest BCUT2D eigenvalue weighted by molar-refractivity contribution is 1.31. The van der Waals surface area contributed by atoms with Gasteiger partial charge in [-0.25, -0.2) is 49.8 Å². The van der Waals surface area contributed by atoms with Gasteiger partial charge >= 0.3 is 0 Å². The van der Waals surface area contributed by atoms with Gasteiger partial charge in [0.25, 0.3) is 0 Å². The van der Waals surface area contributed by atoms with Gasteiger partial charge in [0.15, 0.2) is 0 Å². The molecule has 29 aromatic rings. The van der Waals surface area contributed by atoms with Crippen LogP contribution in [0.4, 0.5) is 0 Å². The van der Waals surface area contributed by atoms with Crippen molar-refractivity contribution in [1.82, 2.24) is 69.8 Å². The zero-order valence-electron chi connectivity index (χ0n) is 75.0. The lowest BCUT2D eigenvalue weighted by Gasteiger charge is -2.12. The smallest absolute Gasteiger partial charge is 0.0972 e. The van der Waals surface area contributed by atoms with Crippen LogP contribution in [-0.2, 0) is 0 Å². The predicted octanol–water partition coefficient (Wildman–Crippen LogP) is 31.2. The summed E-state index contributed by atoms with van der Waals surface area (Å²) in [6.07, 6.45) is 7.27. The molecule has 0 unspecified atom stereocenters. The Morgan fingerprint density at radius 3 is 0.757 bits per heavy atom. The molecule has 29 rings (SSSR count). The zero-order chi connectivity index (χ0) is 92.2. The summed E-state index contributed by atoms with van der Waals surface area (Å²) in [5.41, 5.74) is 30.4. The van der Waals surface area contributed by atoms with Gasteiger partial charge in [-0.15, -0.1) is 0 Å². The summed E-state index contributed by atoms with van der Waals surface area (Å²) in [6, 6.07) is 148. The lowest BCUT2D eigenvalue weighted by atomic mass is 9.95. The van der Waals surface area contributed by atoms with Crippen LogP contribution in [0.2, 0.25) is 0 Å². The van der Waals surface area contributed by atoms with E-state index in [1.807, 2.05) is 97.6 Å². The van der Waals surface area contributed by atoms with E-state index in [1.54, 1.807) is 0 Å². The molecule has 14 heteroatoms. The highest BCUT2D eigenvalue weighted by molar-refractivity contribution is 6.15. The van der Waals surface area contributed by atoms with Gasteiger partial charge in [-0.3, -0.25) is 19.9 Å². The van der Waals surface area contributed by atoms with Crippen LogP contribution < -0.4 is 0 Å². The van der Waals surface area contributed by atoms with Crippen LogP contribution in [0.1, 0.15) is 0 Å². The second kappa shape index (κ2) is 33.5. The van der Waals surface area contributed by atoms with Crippen LogP contribution in [-0.4, -0.2) is 69.8 Å². The van der Waals surface area contributed by atoms with Crippen molar-refractivity contribution < 1.29 is 0 Å². The lowest BCUT2D eigenvalue weighted by Crippen LogP contribution is -1.92. The minimum Gasteiger partial charge on any atom is -0.254 e. The molecule has 648 valence electrons. The number of rotatable bonds is 9. The molecule has 0 aliphatic heterocycles.